The molecule has 2 aromatic heterocycles. The number of aryl methyl sites for hydroxylation is 1. The summed E-state index contributed by atoms with van der Waals surface area (Å²) >= 11 is 0. The molecule has 0 saturated carbocycles. The zero-order chi connectivity index (χ0) is 13.0. The summed E-state index contributed by atoms with van der Waals surface area (Å²) in [6.07, 6.45) is 5.21. The zero-order valence-corrected chi connectivity index (χ0v) is 10.1. The lowest BCUT2D eigenvalue weighted by Gasteiger charge is -2.18. The maximum atomic E-state index is 13.8. The van der Waals surface area contributed by atoms with Gasteiger partial charge in [-0.05, 0) is 24.1 Å². The van der Waals surface area contributed by atoms with Crippen molar-refractivity contribution >= 4 is 0 Å². The summed E-state index contributed by atoms with van der Waals surface area (Å²) in [7, 11) is 0. The Labute approximate surface area is 105 Å². The highest BCUT2D eigenvalue weighted by Crippen LogP contribution is 2.24. The van der Waals surface area contributed by atoms with E-state index in [1.807, 2.05) is 19.1 Å². The minimum Gasteiger partial charge on any atom is -0.271 e. The highest BCUT2D eigenvalue weighted by atomic mass is 19.1. The van der Waals surface area contributed by atoms with Crippen LogP contribution in [0.4, 0.5) is 4.39 Å². The smallest absolute Gasteiger partial charge is 0.146 e. The fourth-order valence-corrected chi connectivity index (χ4v) is 1.95. The van der Waals surface area contributed by atoms with Crippen LogP contribution in [0.25, 0.3) is 0 Å². The summed E-state index contributed by atoms with van der Waals surface area (Å²) in [5.74, 6) is 5.16. The van der Waals surface area contributed by atoms with Gasteiger partial charge < -0.3 is 0 Å². The molecular weight excluding hydrogens is 231 g/mol. The van der Waals surface area contributed by atoms with E-state index in [-0.39, 0.29) is 0 Å². The topological polar surface area (TPSA) is 63.8 Å². The molecule has 0 aliphatic rings. The van der Waals surface area contributed by atoms with E-state index in [1.54, 1.807) is 12.3 Å². The van der Waals surface area contributed by atoms with Crippen LogP contribution in [-0.2, 0) is 6.42 Å². The molecule has 0 saturated heterocycles. The third-order valence-corrected chi connectivity index (χ3v) is 2.86. The van der Waals surface area contributed by atoms with E-state index in [4.69, 9.17) is 5.84 Å². The molecule has 0 fully saturated rings. The molecule has 2 heterocycles. The molecule has 0 amide bonds. The second kappa shape index (κ2) is 5.66. The van der Waals surface area contributed by atoms with Crippen molar-refractivity contribution in [3.63, 3.8) is 0 Å². The van der Waals surface area contributed by atoms with Crippen LogP contribution in [0.3, 0.4) is 0 Å². The molecule has 18 heavy (non-hydrogen) atoms. The molecule has 4 nitrogen and oxygen atoms in total. The predicted octanol–water partition coefficient (Wildman–Crippen LogP) is 1.73. The van der Waals surface area contributed by atoms with E-state index in [2.05, 4.69) is 15.4 Å². The highest BCUT2D eigenvalue weighted by molar-refractivity contribution is 5.32. The average Bonchev–Trinajstić information content (AvgIpc) is 2.42. The van der Waals surface area contributed by atoms with E-state index in [0.29, 0.717) is 5.56 Å². The normalized spacial score (nSPS) is 12.4. The Bertz CT molecular complexity index is 530. The first kappa shape index (κ1) is 12.6. The number of hydrazine groups is 1. The van der Waals surface area contributed by atoms with Crippen molar-refractivity contribution in [3.05, 3.63) is 59.4 Å². The summed E-state index contributed by atoms with van der Waals surface area (Å²) in [5.41, 5.74) is 4.85. The molecule has 1 atom stereocenters. The summed E-state index contributed by atoms with van der Waals surface area (Å²) in [5, 5.41) is 0. The second-order valence-electron chi connectivity index (χ2n) is 3.90. The zero-order valence-electron chi connectivity index (χ0n) is 10.1. The van der Waals surface area contributed by atoms with Crippen LogP contribution in [0, 0.1) is 5.82 Å². The average molecular weight is 246 g/mol. The van der Waals surface area contributed by atoms with E-state index in [1.165, 1.54) is 12.4 Å². The predicted molar refractivity (Wildman–Crippen MR) is 67.0 cm³/mol. The number of pyridine rings is 2. The summed E-state index contributed by atoms with van der Waals surface area (Å²) < 4.78 is 13.8. The van der Waals surface area contributed by atoms with Crippen molar-refractivity contribution in [2.45, 2.75) is 19.4 Å². The summed E-state index contributed by atoms with van der Waals surface area (Å²) in [6, 6.07) is 4.96. The molecule has 1 unspecified atom stereocenters. The van der Waals surface area contributed by atoms with Crippen LogP contribution < -0.4 is 11.3 Å². The van der Waals surface area contributed by atoms with Crippen molar-refractivity contribution in [1.29, 1.82) is 0 Å². The molecule has 0 spiro atoms. The number of nitrogens with one attached hydrogen (secondary N) is 1. The standard InChI is InChI=1S/C13H15FN4/c1-2-9-4-3-6-17-12(9)13(18-15)10-5-7-16-8-11(10)14/h3-8,13,18H,2,15H2,1H3. The van der Waals surface area contributed by atoms with Crippen molar-refractivity contribution in [2.75, 3.05) is 0 Å². The molecule has 0 aliphatic heterocycles. The van der Waals surface area contributed by atoms with Gasteiger partial charge in [-0.1, -0.05) is 13.0 Å². The summed E-state index contributed by atoms with van der Waals surface area (Å²) in [4.78, 5) is 8.04. The second-order valence-corrected chi connectivity index (χ2v) is 3.90. The minimum absolute atomic E-state index is 0.395. The fraction of sp³-hybridized carbons (Fsp3) is 0.231. The molecule has 94 valence electrons. The van der Waals surface area contributed by atoms with Gasteiger partial charge in [0.1, 0.15) is 5.82 Å². The van der Waals surface area contributed by atoms with E-state index >= 15 is 0 Å². The van der Waals surface area contributed by atoms with E-state index < -0.39 is 11.9 Å². The van der Waals surface area contributed by atoms with E-state index in [0.717, 1.165) is 17.7 Å². The quantitative estimate of drug-likeness (QED) is 0.637. The SMILES string of the molecule is CCc1cccnc1C(NN)c1ccncc1F. The monoisotopic (exact) mass is 246 g/mol. The Kier molecular flexibility index (Phi) is 3.96. The maximum Gasteiger partial charge on any atom is 0.146 e. The Morgan fingerprint density at radius 3 is 2.89 bits per heavy atom. The first-order chi connectivity index (χ1) is 8.77. The van der Waals surface area contributed by atoms with Gasteiger partial charge in [-0.15, -0.1) is 0 Å². The number of aromatic nitrogens is 2. The molecule has 3 N–H and O–H groups in total. The van der Waals surface area contributed by atoms with Crippen molar-refractivity contribution in [2.24, 2.45) is 5.84 Å². The molecule has 0 aliphatic carbocycles. The van der Waals surface area contributed by atoms with Gasteiger partial charge in [-0.25, -0.2) is 9.82 Å². The molecule has 0 radical (unpaired) electrons. The molecule has 0 aromatic carbocycles. The Hall–Kier alpha value is -1.85. The van der Waals surface area contributed by atoms with Crippen LogP contribution in [0.1, 0.15) is 29.8 Å². The number of hydrogen-bond acceptors (Lipinski definition) is 4. The van der Waals surface area contributed by atoms with Gasteiger partial charge in [0.15, 0.2) is 0 Å². The van der Waals surface area contributed by atoms with Crippen LogP contribution >= 0.6 is 0 Å². The van der Waals surface area contributed by atoms with Crippen molar-refractivity contribution in [3.8, 4) is 0 Å². The maximum absolute atomic E-state index is 13.8. The first-order valence-electron chi connectivity index (χ1n) is 5.77. The first-order valence-corrected chi connectivity index (χ1v) is 5.77. The van der Waals surface area contributed by atoms with Gasteiger partial charge in [-0.3, -0.25) is 15.8 Å². The van der Waals surface area contributed by atoms with Gasteiger partial charge in [0.05, 0.1) is 17.9 Å². The molecular formula is C13H15FN4. The highest BCUT2D eigenvalue weighted by Gasteiger charge is 2.19. The Balaban J connectivity index is 2.49. The van der Waals surface area contributed by atoms with Crippen LogP contribution in [0.2, 0.25) is 0 Å². The van der Waals surface area contributed by atoms with Crippen LogP contribution in [0.5, 0.6) is 0 Å². The fourth-order valence-electron chi connectivity index (χ4n) is 1.95. The Morgan fingerprint density at radius 1 is 1.39 bits per heavy atom. The van der Waals surface area contributed by atoms with Gasteiger partial charge in [0, 0.05) is 18.0 Å². The lowest BCUT2D eigenvalue weighted by atomic mass is 9.99. The van der Waals surface area contributed by atoms with Crippen LogP contribution in [0.15, 0.2) is 36.8 Å². The molecule has 2 rings (SSSR count). The number of halogens is 1. The van der Waals surface area contributed by atoms with E-state index in [9.17, 15) is 4.39 Å². The third kappa shape index (κ3) is 2.37. The molecule has 5 heteroatoms. The number of nitrogens with two attached hydrogens (primary N) is 1. The molecule has 2 aromatic rings. The lowest BCUT2D eigenvalue weighted by molar-refractivity contribution is 0.546. The lowest BCUT2D eigenvalue weighted by Crippen LogP contribution is -2.31. The summed E-state index contributed by atoms with van der Waals surface area (Å²) in [6.45, 7) is 2.02. The minimum atomic E-state index is -0.468. The van der Waals surface area contributed by atoms with Crippen molar-refractivity contribution in [1.82, 2.24) is 15.4 Å². The third-order valence-electron chi connectivity index (χ3n) is 2.86. The van der Waals surface area contributed by atoms with Gasteiger partial charge in [-0.2, -0.15) is 0 Å². The molecule has 0 bridgehead atoms. The Morgan fingerprint density at radius 2 is 2.22 bits per heavy atom. The number of hydrogen-bond donors (Lipinski definition) is 2. The van der Waals surface area contributed by atoms with Crippen LogP contribution in [-0.4, -0.2) is 9.97 Å². The number of nitrogens with zero attached hydrogens (tertiary/aromatic N) is 2. The van der Waals surface area contributed by atoms with Crippen molar-refractivity contribution < 1.29 is 4.39 Å². The largest absolute Gasteiger partial charge is 0.271 e. The number of rotatable bonds is 4. The van der Waals surface area contributed by atoms with Gasteiger partial charge >= 0.3 is 0 Å². The van der Waals surface area contributed by atoms with Gasteiger partial charge in [0.2, 0.25) is 0 Å². The van der Waals surface area contributed by atoms with Gasteiger partial charge in [0.25, 0.3) is 0 Å².